The number of amides is 1. The highest BCUT2D eigenvalue weighted by Gasteiger charge is 2.16. The smallest absolute Gasteiger partial charge is 0.275 e. The molecule has 1 heterocycles. The first-order valence-corrected chi connectivity index (χ1v) is 8.81. The molecule has 0 spiro atoms. The van der Waals surface area contributed by atoms with E-state index >= 15 is 0 Å². The van der Waals surface area contributed by atoms with Crippen LogP contribution < -0.4 is 24.8 Å². The molecule has 2 N–H and O–H groups in total. The van der Waals surface area contributed by atoms with Gasteiger partial charge in [0.2, 0.25) is 5.75 Å². The van der Waals surface area contributed by atoms with Crippen LogP contribution in [0.1, 0.15) is 16.1 Å². The summed E-state index contributed by atoms with van der Waals surface area (Å²) in [5, 5.41) is 5.91. The van der Waals surface area contributed by atoms with E-state index in [0.717, 1.165) is 11.3 Å². The van der Waals surface area contributed by atoms with Crippen molar-refractivity contribution in [1.29, 1.82) is 0 Å². The fraction of sp³-hybridized carbons (Fsp3) is 0.190. The molecule has 0 aliphatic carbocycles. The topological polar surface area (TPSA) is 94.6 Å². The van der Waals surface area contributed by atoms with Crippen molar-refractivity contribution in [2.24, 2.45) is 0 Å². The third-order valence-electron chi connectivity index (χ3n) is 4.10. The number of nitrogens with one attached hydrogen (secondary N) is 2. The molecule has 150 valence electrons. The van der Waals surface area contributed by atoms with E-state index in [1.165, 1.54) is 33.7 Å². The SMILES string of the molecule is COc1cc(NC(=O)c2cnc(Nc3cccc(C)c3)cn2)cc(OC)c1OC. The van der Waals surface area contributed by atoms with Crippen molar-refractivity contribution in [2.45, 2.75) is 6.92 Å². The largest absolute Gasteiger partial charge is 0.493 e. The number of hydrogen-bond acceptors (Lipinski definition) is 7. The van der Waals surface area contributed by atoms with E-state index in [9.17, 15) is 4.79 Å². The van der Waals surface area contributed by atoms with Crippen LogP contribution in [0.3, 0.4) is 0 Å². The van der Waals surface area contributed by atoms with Crippen LogP contribution in [0.2, 0.25) is 0 Å². The number of anilines is 3. The summed E-state index contributed by atoms with van der Waals surface area (Å²) in [6.07, 6.45) is 2.91. The van der Waals surface area contributed by atoms with Gasteiger partial charge in [0.15, 0.2) is 11.5 Å². The van der Waals surface area contributed by atoms with Gasteiger partial charge in [-0.25, -0.2) is 9.97 Å². The van der Waals surface area contributed by atoms with E-state index < -0.39 is 5.91 Å². The minimum Gasteiger partial charge on any atom is -0.493 e. The first kappa shape index (κ1) is 19.9. The number of rotatable bonds is 7. The molecular formula is C21H22N4O4. The highest BCUT2D eigenvalue weighted by Crippen LogP contribution is 2.40. The molecule has 8 nitrogen and oxygen atoms in total. The number of benzene rings is 2. The Kier molecular flexibility index (Phi) is 6.13. The summed E-state index contributed by atoms with van der Waals surface area (Å²) in [7, 11) is 4.53. The van der Waals surface area contributed by atoms with Crippen LogP contribution in [0, 0.1) is 6.92 Å². The van der Waals surface area contributed by atoms with Gasteiger partial charge >= 0.3 is 0 Å². The zero-order chi connectivity index (χ0) is 20.8. The van der Waals surface area contributed by atoms with Gasteiger partial charge in [-0.2, -0.15) is 0 Å². The molecule has 3 rings (SSSR count). The van der Waals surface area contributed by atoms with E-state index in [4.69, 9.17) is 14.2 Å². The van der Waals surface area contributed by atoms with Gasteiger partial charge in [0.25, 0.3) is 5.91 Å². The maximum Gasteiger partial charge on any atom is 0.275 e. The van der Waals surface area contributed by atoms with E-state index in [2.05, 4.69) is 20.6 Å². The highest BCUT2D eigenvalue weighted by molar-refractivity contribution is 6.03. The van der Waals surface area contributed by atoms with Gasteiger partial charge in [-0.15, -0.1) is 0 Å². The summed E-state index contributed by atoms with van der Waals surface area (Å²) in [5.74, 6) is 1.45. The molecule has 0 fully saturated rings. The number of nitrogens with zero attached hydrogens (tertiary/aromatic N) is 2. The predicted octanol–water partition coefficient (Wildman–Crippen LogP) is 3.81. The minimum absolute atomic E-state index is 0.175. The van der Waals surface area contributed by atoms with E-state index in [1.807, 2.05) is 31.2 Å². The zero-order valence-corrected chi connectivity index (χ0v) is 16.6. The highest BCUT2D eigenvalue weighted by atomic mass is 16.5. The summed E-state index contributed by atoms with van der Waals surface area (Å²) in [5.41, 5.74) is 2.68. The molecule has 3 aromatic rings. The lowest BCUT2D eigenvalue weighted by atomic mass is 10.2. The van der Waals surface area contributed by atoms with Gasteiger partial charge in [0.1, 0.15) is 11.5 Å². The van der Waals surface area contributed by atoms with Crippen LogP contribution in [-0.2, 0) is 0 Å². The number of carbonyl (C=O) groups is 1. The Bertz CT molecular complexity index is 981. The molecule has 29 heavy (non-hydrogen) atoms. The molecule has 0 aliphatic rings. The molecule has 0 radical (unpaired) electrons. The summed E-state index contributed by atoms with van der Waals surface area (Å²) < 4.78 is 15.9. The van der Waals surface area contributed by atoms with Gasteiger partial charge < -0.3 is 24.8 Å². The third-order valence-corrected chi connectivity index (χ3v) is 4.10. The molecule has 0 bridgehead atoms. The fourth-order valence-electron chi connectivity index (χ4n) is 2.73. The molecule has 8 heteroatoms. The van der Waals surface area contributed by atoms with Gasteiger partial charge in [-0.3, -0.25) is 4.79 Å². The summed E-state index contributed by atoms with van der Waals surface area (Å²) >= 11 is 0. The van der Waals surface area contributed by atoms with Crippen LogP contribution in [0.5, 0.6) is 17.2 Å². The summed E-state index contributed by atoms with van der Waals surface area (Å²) in [6.45, 7) is 2.01. The predicted molar refractivity (Wildman–Crippen MR) is 111 cm³/mol. The normalized spacial score (nSPS) is 10.2. The molecule has 1 amide bonds. The van der Waals surface area contributed by atoms with Crippen LogP contribution >= 0.6 is 0 Å². The van der Waals surface area contributed by atoms with Crippen molar-refractivity contribution in [3.8, 4) is 17.2 Å². The van der Waals surface area contributed by atoms with Gasteiger partial charge in [0.05, 0.1) is 33.7 Å². The second-order valence-electron chi connectivity index (χ2n) is 6.15. The van der Waals surface area contributed by atoms with Crippen molar-refractivity contribution in [3.05, 3.63) is 60.0 Å². The third kappa shape index (κ3) is 4.73. The quantitative estimate of drug-likeness (QED) is 0.629. The number of ether oxygens (including phenoxy) is 3. The lowest BCUT2D eigenvalue weighted by Crippen LogP contribution is -2.14. The number of methoxy groups -OCH3 is 3. The first-order chi connectivity index (χ1) is 14.0. The van der Waals surface area contributed by atoms with Crippen molar-refractivity contribution >= 4 is 23.1 Å². The van der Waals surface area contributed by atoms with Crippen molar-refractivity contribution < 1.29 is 19.0 Å². The van der Waals surface area contributed by atoms with Gasteiger partial charge in [-0.05, 0) is 24.6 Å². The van der Waals surface area contributed by atoms with E-state index in [-0.39, 0.29) is 5.69 Å². The Morgan fingerprint density at radius 1 is 0.897 bits per heavy atom. The minimum atomic E-state index is -0.408. The van der Waals surface area contributed by atoms with Crippen LogP contribution in [-0.4, -0.2) is 37.2 Å². The molecule has 0 saturated carbocycles. The second-order valence-corrected chi connectivity index (χ2v) is 6.15. The van der Waals surface area contributed by atoms with Crippen molar-refractivity contribution in [1.82, 2.24) is 9.97 Å². The zero-order valence-electron chi connectivity index (χ0n) is 16.6. The monoisotopic (exact) mass is 394 g/mol. The Morgan fingerprint density at radius 3 is 2.17 bits per heavy atom. The Balaban J connectivity index is 1.74. The Labute approximate surface area is 168 Å². The van der Waals surface area contributed by atoms with E-state index in [1.54, 1.807) is 12.1 Å². The molecule has 2 aromatic carbocycles. The lowest BCUT2D eigenvalue weighted by Gasteiger charge is -2.14. The van der Waals surface area contributed by atoms with Crippen LogP contribution in [0.4, 0.5) is 17.2 Å². The van der Waals surface area contributed by atoms with E-state index in [0.29, 0.717) is 28.8 Å². The average Bonchev–Trinajstić information content (AvgIpc) is 2.73. The van der Waals surface area contributed by atoms with Crippen molar-refractivity contribution in [2.75, 3.05) is 32.0 Å². The molecule has 0 saturated heterocycles. The first-order valence-electron chi connectivity index (χ1n) is 8.81. The maximum absolute atomic E-state index is 12.5. The molecule has 0 unspecified atom stereocenters. The molecule has 0 atom stereocenters. The number of aromatic nitrogens is 2. The Morgan fingerprint density at radius 2 is 1.62 bits per heavy atom. The van der Waals surface area contributed by atoms with Crippen LogP contribution in [0.25, 0.3) is 0 Å². The van der Waals surface area contributed by atoms with Crippen molar-refractivity contribution in [3.63, 3.8) is 0 Å². The lowest BCUT2D eigenvalue weighted by molar-refractivity contribution is 0.102. The summed E-state index contributed by atoms with van der Waals surface area (Å²) in [4.78, 5) is 21.0. The molecule has 1 aromatic heterocycles. The Hall–Kier alpha value is -3.81. The number of carbonyl (C=O) groups excluding carboxylic acids is 1. The van der Waals surface area contributed by atoms with Gasteiger partial charge in [-0.1, -0.05) is 12.1 Å². The number of hydrogen-bond donors (Lipinski definition) is 2. The number of aryl methyl sites for hydroxylation is 1. The standard InChI is InChI=1S/C21H22N4O4/c1-13-6-5-7-14(8-13)24-19-12-22-16(11-23-19)21(26)25-15-9-17(27-2)20(29-4)18(10-15)28-3/h5-12H,1-4H3,(H,23,24)(H,25,26). The van der Waals surface area contributed by atoms with Crippen LogP contribution in [0.15, 0.2) is 48.8 Å². The second kappa shape index (κ2) is 8.92. The van der Waals surface area contributed by atoms with Gasteiger partial charge in [0, 0.05) is 23.5 Å². The maximum atomic E-state index is 12.5. The summed E-state index contributed by atoms with van der Waals surface area (Å²) in [6, 6.07) is 11.2. The fourth-order valence-corrected chi connectivity index (χ4v) is 2.73. The average molecular weight is 394 g/mol. The molecule has 0 aliphatic heterocycles. The molecular weight excluding hydrogens is 372 g/mol.